The summed E-state index contributed by atoms with van der Waals surface area (Å²) in [5, 5.41) is 5.64. The van der Waals surface area contributed by atoms with Gasteiger partial charge in [0, 0.05) is 37.4 Å². The monoisotopic (exact) mass is 318 g/mol. The van der Waals surface area contributed by atoms with E-state index in [1.54, 1.807) is 12.4 Å². The molecule has 7 heteroatoms. The van der Waals surface area contributed by atoms with Gasteiger partial charge in [0.15, 0.2) is 0 Å². The van der Waals surface area contributed by atoms with Crippen molar-refractivity contribution >= 4 is 17.2 Å². The van der Waals surface area contributed by atoms with Crippen LogP contribution in [-0.4, -0.2) is 47.1 Å². The molecule has 0 aromatic carbocycles. The zero-order chi connectivity index (χ0) is 15.2. The molecule has 1 N–H and O–H groups in total. The minimum Gasteiger partial charge on any atom is -0.379 e. The molecule has 1 amide bonds. The first-order valence-corrected chi connectivity index (χ1v) is 8.11. The molecule has 1 fully saturated rings. The molecule has 6 nitrogen and oxygen atoms in total. The highest BCUT2D eigenvalue weighted by Crippen LogP contribution is 2.13. The number of hydrogen-bond acceptors (Lipinski definition) is 6. The summed E-state index contributed by atoms with van der Waals surface area (Å²) < 4.78 is 5.33. The van der Waals surface area contributed by atoms with Crippen LogP contribution in [0.3, 0.4) is 0 Å². The van der Waals surface area contributed by atoms with Crippen LogP contribution in [0, 0.1) is 0 Å². The maximum absolute atomic E-state index is 12.1. The number of hydrogen-bond donors (Lipinski definition) is 1. The fourth-order valence-corrected chi connectivity index (χ4v) is 3.03. The molecule has 2 aromatic heterocycles. The van der Waals surface area contributed by atoms with Gasteiger partial charge in [-0.05, 0) is 11.6 Å². The lowest BCUT2D eigenvalue weighted by Crippen LogP contribution is -2.35. The zero-order valence-corrected chi connectivity index (χ0v) is 13.0. The maximum atomic E-state index is 12.1. The fraction of sp³-hybridized carbons (Fsp3) is 0.400. The van der Waals surface area contributed by atoms with E-state index < -0.39 is 0 Å². The maximum Gasteiger partial charge on any atom is 0.271 e. The van der Waals surface area contributed by atoms with E-state index in [1.807, 2.05) is 17.5 Å². The van der Waals surface area contributed by atoms with E-state index in [1.165, 1.54) is 11.3 Å². The predicted molar refractivity (Wildman–Crippen MR) is 83.6 cm³/mol. The molecule has 22 heavy (non-hydrogen) atoms. The van der Waals surface area contributed by atoms with Crippen molar-refractivity contribution in [2.24, 2.45) is 0 Å². The Morgan fingerprint density at radius 1 is 1.41 bits per heavy atom. The van der Waals surface area contributed by atoms with Gasteiger partial charge in [0.05, 0.1) is 19.8 Å². The summed E-state index contributed by atoms with van der Waals surface area (Å²) in [5.74, 6) is -0.145. The molecule has 2 aromatic rings. The van der Waals surface area contributed by atoms with Gasteiger partial charge >= 0.3 is 0 Å². The SMILES string of the molecule is O=C(NCc1cccnc1)c1csc(CN2CCOCC2)n1. The van der Waals surface area contributed by atoms with Gasteiger partial charge in [-0.3, -0.25) is 14.7 Å². The third-order valence-electron chi connectivity index (χ3n) is 3.42. The Balaban J connectivity index is 1.52. The molecule has 116 valence electrons. The highest BCUT2D eigenvalue weighted by atomic mass is 32.1. The van der Waals surface area contributed by atoms with Crippen LogP contribution >= 0.6 is 11.3 Å². The van der Waals surface area contributed by atoms with E-state index in [2.05, 4.69) is 20.2 Å². The van der Waals surface area contributed by atoms with E-state index in [-0.39, 0.29) is 5.91 Å². The molecule has 3 rings (SSSR count). The largest absolute Gasteiger partial charge is 0.379 e. The summed E-state index contributed by atoms with van der Waals surface area (Å²) in [6.07, 6.45) is 3.45. The first-order chi connectivity index (χ1) is 10.8. The second-order valence-electron chi connectivity index (χ2n) is 5.06. The number of morpholine rings is 1. The van der Waals surface area contributed by atoms with Gasteiger partial charge in [-0.2, -0.15) is 0 Å². The summed E-state index contributed by atoms with van der Waals surface area (Å²) in [7, 11) is 0. The fourth-order valence-electron chi connectivity index (χ4n) is 2.21. The predicted octanol–water partition coefficient (Wildman–Crippen LogP) is 1.30. The molecule has 0 radical (unpaired) electrons. The molecule has 0 bridgehead atoms. The molecule has 1 saturated heterocycles. The quantitative estimate of drug-likeness (QED) is 0.900. The summed E-state index contributed by atoms with van der Waals surface area (Å²) in [4.78, 5) is 22.8. The molecule has 0 saturated carbocycles. The summed E-state index contributed by atoms with van der Waals surface area (Å²) in [6, 6.07) is 3.78. The number of ether oxygens (including phenoxy) is 1. The van der Waals surface area contributed by atoms with Gasteiger partial charge in [-0.25, -0.2) is 4.98 Å². The van der Waals surface area contributed by atoms with Crippen LogP contribution in [0.5, 0.6) is 0 Å². The van der Waals surface area contributed by atoms with Crippen molar-refractivity contribution in [1.82, 2.24) is 20.2 Å². The lowest BCUT2D eigenvalue weighted by atomic mass is 10.3. The third kappa shape index (κ3) is 4.09. The Labute approximate surface area is 133 Å². The topological polar surface area (TPSA) is 67.4 Å². The van der Waals surface area contributed by atoms with Gasteiger partial charge < -0.3 is 10.1 Å². The van der Waals surface area contributed by atoms with E-state index in [0.29, 0.717) is 12.2 Å². The van der Waals surface area contributed by atoms with E-state index in [0.717, 1.165) is 43.4 Å². The molecule has 0 unspecified atom stereocenters. The number of rotatable bonds is 5. The van der Waals surface area contributed by atoms with Crippen LogP contribution in [-0.2, 0) is 17.8 Å². The van der Waals surface area contributed by atoms with Crippen molar-refractivity contribution in [2.75, 3.05) is 26.3 Å². The van der Waals surface area contributed by atoms with Crippen molar-refractivity contribution in [3.63, 3.8) is 0 Å². The Hall–Kier alpha value is -1.83. The second kappa shape index (κ2) is 7.44. The first-order valence-electron chi connectivity index (χ1n) is 7.23. The Morgan fingerprint density at radius 3 is 3.05 bits per heavy atom. The zero-order valence-electron chi connectivity index (χ0n) is 12.2. The van der Waals surface area contributed by atoms with Gasteiger partial charge in [0.1, 0.15) is 10.7 Å². The Morgan fingerprint density at radius 2 is 2.27 bits per heavy atom. The second-order valence-corrected chi connectivity index (χ2v) is 6.00. The van der Waals surface area contributed by atoms with E-state index in [9.17, 15) is 4.79 Å². The minimum absolute atomic E-state index is 0.145. The molecule has 0 atom stereocenters. The number of nitrogens with zero attached hydrogens (tertiary/aromatic N) is 3. The average molecular weight is 318 g/mol. The average Bonchev–Trinajstić information content (AvgIpc) is 3.03. The highest BCUT2D eigenvalue weighted by Gasteiger charge is 2.15. The summed E-state index contributed by atoms with van der Waals surface area (Å²) >= 11 is 1.53. The number of amides is 1. The van der Waals surface area contributed by atoms with Crippen molar-refractivity contribution < 1.29 is 9.53 Å². The number of aromatic nitrogens is 2. The first kappa shape index (κ1) is 15.1. The normalized spacial score (nSPS) is 15.6. The van der Waals surface area contributed by atoms with Gasteiger partial charge in [0.2, 0.25) is 0 Å². The van der Waals surface area contributed by atoms with Crippen LogP contribution < -0.4 is 5.32 Å². The molecule has 3 heterocycles. The lowest BCUT2D eigenvalue weighted by molar-refractivity contribution is 0.0341. The van der Waals surface area contributed by atoms with E-state index >= 15 is 0 Å². The van der Waals surface area contributed by atoms with Gasteiger partial charge in [0.25, 0.3) is 5.91 Å². The van der Waals surface area contributed by atoms with Crippen molar-refractivity contribution in [3.8, 4) is 0 Å². The Kier molecular flexibility index (Phi) is 5.10. The standard InChI is InChI=1S/C15H18N4O2S/c20-15(17-9-12-2-1-3-16-8-12)13-11-22-14(18-13)10-19-4-6-21-7-5-19/h1-3,8,11H,4-7,9-10H2,(H,17,20). The summed E-state index contributed by atoms with van der Waals surface area (Å²) in [5.41, 5.74) is 1.46. The van der Waals surface area contributed by atoms with Crippen LogP contribution in [0.1, 0.15) is 21.1 Å². The van der Waals surface area contributed by atoms with Crippen LogP contribution in [0.4, 0.5) is 0 Å². The molecular weight excluding hydrogens is 300 g/mol. The molecule has 1 aliphatic rings. The van der Waals surface area contributed by atoms with Crippen LogP contribution in [0.25, 0.3) is 0 Å². The molecule has 0 aliphatic carbocycles. The molecule has 0 spiro atoms. The van der Waals surface area contributed by atoms with Crippen LogP contribution in [0.15, 0.2) is 29.9 Å². The smallest absolute Gasteiger partial charge is 0.271 e. The molecular formula is C15H18N4O2S. The number of carbonyl (C=O) groups excluding carboxylic acids is 1. The molecule has 1 aliphatic heterocycles. The van der Waals surface area contributed by atoms with Gasteiger partial charge in [-0.15, -0.1) is 11.3 Å². The number of carbonyl (C=O) groups is 1. The third-order valence-corrected chi connectivity index (χ3v) is 4.26. The lowest BCUT2D eigenvalue weighted by Gasteiger charge is -2.25. The number of pyridine rings is 1. The van der Waals surface area contributed by atoms with Gasteiger partial charge in [-0.1, -0.05) is 6.07 Å². The summed E-state index contributed by atoms with van der Waals surface area (Å²) in [6.45, 7) is 4.62. The van der Waals surface area contributed by atoms with Crippen LogP contribution in [0.2, 0.25) is 0 Å². The number of thiazole rings is 1. The highest BCUT2D eigenvalue weighted by molar-refractivity contribution is 7.09. The van der Waals surface area contributed by atoms with Crippen molar-refractivity contribution in [1.29, 1.82) is 0 Å². The van der Waals surface area contributed by atoms with E-state index in [4.69, 9.17) is 4.74 Å². The minimum atomic E-state index is -0.145. The van der Waals surface area contributed by atoms with Crippen molar-refractivity contribution in [2.45, 2.75) is 13.1 Å². The Bertz CT molecular complexity index is 611. The van der Waals surface area contributed by atoms with Crippen molar-refractivity contribution in [3.05, 3.63) is 46.2 Å². The number of nitrogens with one attached hydrogen (secondary N) is 1.